The van der Waals surface area contributed by atoms with E-state index in [1.165, 1.54) is 24.3 Å². The number of hydrogen-bond acceptors (Lipinski definition) is 5. The number of rotatable bonds is 4. The molecule has 1 aliphatic rings. The molecule has 33 heavy (non-hydrogen) atoms. The van der Waals surface area contributed by atoms with E-state index in [9.17, 15) is 19.1 Å². The third kappa shape index (κ3) is 3.76. The number of carboxylic acid groups (broad SMARTS) is 1. The number of primary amides is 1. The van der Waals surface area contributed by atoms with Gasteiger partial charge in [0, 0.05) is 23.4 Å². The Hall–Kier alpha value is -4.33. The first kappa shape index (κ1) is 20.6. The monoisotopic (exact) mass is 442 g/mol. The molecule has 1 amide bonds. The van der Waals surface area contributed by atoms with Crippen molar-refractivity contribution in [2.75, 3.05) is 11.4 Å². The Morgan fingerprint density at radius 3 is 2.42 bits per heavy atom. The van der Waals surface area contributed by atoms with Gasteiger partial charge in [-0.3, -0.25) is 4.79 Å². The minimum absolute atomic E-state index is 0.113. The van der Waals surface area contributed by atoms with E-state index in [1.54, 1.807) is 30.3 Å². The molecule has 1 aliphatic heterocycles. The molecule has 164 valence electrons. The molecular weight excluding hydrogens is 423 g/mol. The van der Waals surface area contributed by atoms with Gasteiger partial charge in [0.1, 0.15) is 11.5 Å². The number of carbonyl (C=O) groups is 2. The number of hydrogen-bond donors (Lipinski definition) is 2. The Kier molecular flexibility index (Phi) is 4.97. The van der Waals surface area contributed by atoms with Crippen molar-refractivity contribution in [2.24, 2.45) is 5.73 Å². The average molecular weight is 442 g/mol. The lowest BCUT2D eigenvalue weighted by Crippen LogP contribution is -2.27. The summed E-state index contributed by atoms with van der Waals surface area (Å²) < 4.78 is 13.6. The van der Waals surface area contributed by atoms with Crippen LogP contribution in [0.25, 0.3) is 22.3 Å². The molecule has 3 aromatic carbocycles. The van der Waals surface area contributed by atoms with Gasteiger partial charge in [-0.1, -0.05) is 0 Å². The molecule has 8 heteroatoms. The number of anilines is 2. The molecule has 5 rings (SSSR count). The first-order valence-corrected chi connectivity index (χ1v) is 10.4. The van der Waals surface area contributed by atoms with Gasteiger partial charge < -0.3 is 15.7 Å². The molecule has 0 saturated carbocycles. The molecule has 0 radical (unpaired) electrons. The molecule has 0 bridgehead atoms. The first-order chi connectivity index (χ1) is 15.9. The molecule has 0 unspecified atom stereocenters. The lowest BCUT2D eigenvalue weighted by atomic mass is 9.98. The van der Waals surface area contributed by atoms with Crippen LogP contribution in [-0.4, -0.2) is 33.5 Å². The first-order valence-electron chi connectivity index (χ1n) is 10.4. The van der Waals surface area contributed by atoms with E-state index in [-0.39, 0.29) is 11.4 Å². The number of carboxylic acids is 1. The number of amides is 1. The average Bonchev–Trinajstić information content (AvgIpc) is 2.82. The van der Waals surface area contributed by atoms with Gasteiger partial charge in [0.2, 0.25) is 5.91 Å². The third-order valence-electron chi connectivity index (χ3n) is 5.75. The number of nitrogens with two attached hydrogens (primary N) is 1. The Bertz CT molecular complexity index is 1420. The molecule has 7 nitrogen and oxygen atoms in total. The fourth-order valence-electron chi connectivity index (χ4n) is 4.14. The summed E-state index contributed by atoms with van der Waals surface area (Å²) in [4.78, 5) is 34.7. The minimum atomic E-state index is -1.05. The second kappa shape index (κ2) is 7.98. The molecule has 0 fully saturated rings. The second-order valence-electron chi connectivity index (χ2n) is 7.87. The zero-order valence-corrected chi connectivity index (χ0v) is 17.5. The number of halogens is 1. The highest BCUT2D eigenvalue weighted by Gasteiger charge is 2.25. The Balaban J connectivity index is 1.74. The number of carbonyl (C=O) groups excluding carboxylic acids is 1. The lowest BCUT2D eigenvalue weighted by molar-refractivity contribution is 0.0696. The molecule has 1 aromatic heterocycles. The summed E-state index contributed by atoms with van der Waals surface area (Å²) in [6.45, 7) is 0.649. The van der Waals surface area contributed by atoms with Crippen molar-refractivity contribution >= 4 is 34.4 Å². The van der Waals surface area contributed by atoms with Gasteiger partial charge in [-0.15, -0.1) is 0 Å². The summed E-state index contributed by atoms with van der Waals surface area (Å²) >= 11 is 0. The summed E-state index contributed by atoms with van der Waals surface area (Å²) in [6, 6.07) is 15.9. The molecule has 0 atom stereocenters. The van der Waals surface area contributed by atoms with Crippen molar-refractivity contribution < 1.29 is 19.1 Å². The van der Waals surface area contributed by atoms with Crippen molar-refractivity contribution in [3.8, 4) is 11.3 Å². The highest BCUT2D eigenvalue weighted by atomic mass is 19.1. The molecule has 0 aliphatic carbocycles. The zero-order chi connectivity index (χ0) is 23.1. The number of aromatic nitrogens is 2. The normalized spacial score (nSPS) is 13.1. The smallest absolute Gasteiger partial charge is 0.335 e. The summed E-state index contributed by atoms with van der Waals surface area (Å²) in [5.41, 5.74) is 10.0. The van der Waals surface area contributed by atoms with Gasteiger partial charge >= 0.3 is 5.97 Å². The van der Waals surface area contributed by atoms with Crippen molar-refractivity contribution in [3.05, 3.63) is 83.2 Å². The van der Waals surface area contributed by atoms with Crippen molar-refractivity contribution in [3.63, 3.8) is 0 Å². The highest BCUT2D eigenvalue weighted by Crippen LogP contribution is 2.38. The SMILES string of the molecule is NC(=O)c1ccc2c(c1)CCCN2c1nc2cc(C(=O)O)ccc2nc1-c1ccc(F)cc1. The van der Waals surface area contributed by atoms with Crippen LogP contribution in [0.2, 0.25) is 0 Å². The van der Waals surface area contributed by atoms with E-state index in [2.05, 4.69) is 0 Å². The molecule has 2 heterocycles. The Morgan fingerprint density at radius 2 is 1.70 bits per heavy atom. The van der Waals surface area contributed by atoms with E-state index >= 15 is 0 Å². The second-order valence-corrected chi connectivity index (χ2v) is 7.87. The summed E-state index contributed by atoms with van der Waals surface area (Å²) in [7, 11) is 0. The quantitative estimate of drug-likeness (QED) is 0.487. The van der Waals surface area contributed by atoms with Crippen molar-refractivity contribution in [1.29, 1.82) is 0 Å². The van der Waals surface area contributed by atoms with E-state index in [0.717, 1.165) is 24.1 Å². The zero-order valence-electron chi connectivity index (χ0n) is 17.5. The van der Waals surface area contributed by atoms with Crippen LogP contribution in [-0.2, 0) is 6.42 Å². The van der Waals surface area contributed by atoms with E-state index in [4.69, 9.17) is 15.7 Å². The van der Waals surface area contributed by atoms with Crippen LogP contribution in [0.3, 0.4) is 0 Å². The van der Waals surface area contributed by atoms with Crippen LogP contribution < -0.4 is 10.6 Å². The fraction of sp³-hybridized carbons (Fsp3) is 0.120. The largest absolute Gasteiger partial charge is 0.478 e. The van der Waals surface area contributed by atoms with E-state index < -0.39 is 11.9 Å². The lowest BCUT2D eigenvalue weighted by Gasteiger charge is -2.32. The van der Waals surface area contributed by atoms with Crippen molar-refractivity contribution in [2.45, 2.75) is 12.8 Å². The van der Waals surface area contributed by atoms with Gasteiger partial charge in [0.15, 0.2) is 5.82 Å². The van der Waals surface area contributed by atoms with Crippen LogP contribution in [0.1, 0.15) is 32.7 Å². The van der Waals surface area contributed by atoms with Gasteiger partial charge in [0.25, 0.3) is 0 Å². The van der Waals surface area contributed by atoms with Gasteiger partial charge in [-0.05, 0) is 79.1 Å². The van der Waals surface area contributed by atoms with Crippen LogP contribution in [0.5, 0.6) is 0 Å². The van der Waals surface area contributed by atoms with Gasteiger partial charge in [0.05, 0.1) is 16.6 Å². The predicted octanol–water partition coefficient (Wildman–Crippen LogP) is 4.32. The standard InChI is InChI=1S/C25H19FN4O3/c26-18-7-3-14(4-8-18)22-24(29-20-13-17(25(32)33)5-9-19(20)28-22)30-11-1-2-15-12-16(23(27)31)6-10-21(15)30/h3-10,12-13H,1-2,11H2,(H2,27,31)(H,32,33). The fourth-order valence-corrected chi connectivity index (χ4v) is 4.14. The van der Waals surface area contributed by atoms with Crippen LogP contribution in [0.15, 0.2) is 60.7 Å². The summed E-state index contributed by atoms with van der Waals surface area (Å²) in [5, 5.41) is 9.39. The molecule has 4 aromatic rings. The molecule has 0 saturated heterocycles. The maximum Gasteiger partial charge on any atom is 0.335 e. The molecule has 0 spiro atoms. The van der Waals surface area contributed by atoms with Crippen LogP contribution in [0.4, 0.5) is 15.9 Å². The summed E-state index contributed by atoms with van der Waals surface area (Å²) in [5.74, 6) is -1.37. The van der Waals surface area contributed by atoms with Crippen LogP contribution >= 0.6 is 0 Å². The van der Waals surface area contributed by atoms with E-state index in [0.29, 0.717) is 40.2 Å². The minimum Gasteiger partial charge on any atom is -0.478 e. The third-order valence-corrected chi connectivity index (χ3v) is 5.75. The maximum atomic E-state index is 13.6. The number of benzene rings is 3. The molecule has 3 N–H and O–H groups in total. The van der Waals surface area contributed by atoms with E-state index in [1.807, 2.05) is 11.0 Å². The number of nitrogens with zero attached hydrogens (tertiary/aromatic N) is 3. The topological polar surface area (TPSA) is 109 Å². The number of aromatic carboxylic acids is 1. The highest BCUT2D eigenvalue weighted by molar-refractivity contribution is 5.95. The Labute approximate surface area is 188 Å². The van der Waals surface area contributed by atoms with Crippen LogP contribution in [0, 0.1) is 5.82 Å². The number of fused-ring (bicyclic) bond motifs is 2. The van der Waals surface area contributed by atoms with Crippen molar-refractivity contribution in [1.82, 2.24) is 9.97 Å². The maximum absolute atomic E-state index is 13.6. The molecular formula is C25H19FN4O3. The summed E-state index contributed by atoms with van der Waals surface area (Å²) in [6.07, 6.45) is 1.59. The number of aryl methyl sites for hydroxylation is 1. The Morgan fingerprint density at radius 1 is 0.939 bits per heavy atom. The van der Waals surface area contributed by atoms with Gasteiger partial charge in [-0.25, -0.2) is 19.2 Å². The predicted molar refractivity (Wildman–Crippen MR) is 122 cm³/mol. The van der Waals surface area contributed by atoms with Gasteiger partial charge in [-0.2, -0.15) is 0 Å².